The highest BCUT2D eigenvalue weighted by atomic mass is 19.1. The van der Waals surface area contributed by atoms with E-state index < -0.39 is 23.1 Å². The predicted molar refractivity (Wildman–Crippen MR) is 93.4 cm³/mol. The second-order valence-electron chi connectivity index (χ2n) is 6.45. The van der Waals surface area contributed by atoms with Gasteiger partial charge in [0, 0.05) is 19.1 Å². The van der Waals surface area contributed by atoms with Gasteiger partial charge in [0.05, 0.1) is 0 Å². The number of amides is 1. The average molecular weight is 344 g/mol. The number of nitrogens with zero attached hydrogens (tertiary/aromatic N) is 1. The highest BCUT2D eigenvalue weighted by molar-refractivity contribution is 5.94. The van der Waals surface area contributed by atoms with Crippen molar-refractivity contribution in [2.24, 2.45) is 0 Å². The SMILES string of the molecule is O=C(N[C@@H]1CCCN(CCc2ccccc2)C1)c1c(F)cccc1F. The van der Waals surface area contributed by atoms with Crippen molar-refractivity contribution >= 4 is 5.91 Å². The molecule has 1 heterocycles. The van der Waals surface area contributed by atoms with Crippen LogP contribution in [0.2, 0.25) is 0 Å². The minimum Gasteiger partial charge on any atom is -0.348 e. The molecule has 0 bridgehead atoms. The maximum atomic E-state index is 13.7. The molecule has 3 rings (SSSR count). The van der Waals surface area contributed by atoms with Gasteiger partial charge in [0.2, 0.25) is 0 Å². The van der Waals surface area contributed by atoms with E-state index >= 15 is 0 Å². The summed E-state index contributed by atoms with van der Waals surface area (Å²) in [6, 6.07) is 13.6. The molecule has 5 heteroatoms. The Hall–Kier alpha value is -2.27. The molecule has 1 aliphatic rings. The zero-order chi connectivity index (χ0) is 17.6. The van der Waals surface area contributed by atoms with Crippen LogP contribution < -0.4 is 5.32 Å². The molecule has 0 aliphatic carbocycles. The number of hydrogen-bond acceptors (Lipinski definition) is 2. The van der Waals surface area contributed by atoms with Crippen LogP contribution in [0.1, 0.15) is 28.8 Å². The smallest absolute Gasteiger partial charge is 0.257 e. The van der Waals surface area contributed by atoms with E-state index in [1.165, 1.54) is 11.6 Å². The minimum atomic E-state index is -0.825. The Labute approximate surface area is 146 Å². The molecule has 25 heavy (non-hydrogen) atoms. The Bertz CT molecular complexity index is 701. The number of piperidine rings is 1. The third kappa shape index (κ3) is 4.63. The molecule has 1 aliphatic heterocycles. The third-order valence-corrected chi connectivity index (χ3v) is 4.59. The Morgan fingerprint density at radius 2 is 1.80 bits per heavy atom. The number of carbonyl (C=O) groups excluding carboxylic acids is 1. The summed E-state index contributed by atoms with van der Waals surface area (Å²) in [6.45, 7) is 2.59. The number of nitrogens with one attached hydrogen (secondary N) is 1. The molecular weight excluding hydrogens is 322 g/mol. The van der Waals surface area contributed by atoms with Crippen LogP contribution >= 0.6 is 0 Å². The number of carbonyl (C=O) groups is 1. The van der Waals surface area contributed by atoms with Crippen molar-refractivity contribution in [2.45, 2.75) is 25.3 Å². The van der Waals surface area contributed by atoms with Gasteiger partial charge in [0.15, 0.2) is 0 Å². The topological polar surface area (TPSA) is 32.3 Å². The van der Waals surface area contributed by atoms with Gasteiger partial charge in [-0.15, -0.1) is 0 Å². The summed E-state index contributed by atoms with van der Waals surface area (Å²) in [4.78, 5) is 14.5. The first-order chi connectivity index (χ1) is 12.1. The molecule has 0 aromatic heterocycles. The molecular formula is C20H22F2N2O. The first-order valence-electron chi connectivity index (χ1n) is 8.64. The fourth-order valence-electron chi connectivity index (χ4n) is 3.28. The van der Waals surface area contributed by atoms with Crippen LogP contribution in [0.5, 0.6) is 0 Å². The Morgan fingerprint density at radius 1 is 1.08 bits per heavy atom. The molecule has 0 radical (unpaired) electrons. The van der Waals surface area contributed by atoms with Crippen molar-refractivity contribution in [3.05, 3.63) is 71.3 Å². The largest absolute Gasteiger partial charge is 0.348 e. The van der Waals surface area contributed by atoms with Crippen molar-refractivity contribution in [3.63, 3.8) is 0 Å². The fourth-order valence-corrected chi connectivity index (χ4v) is 3.28. The van der Waals surface area contributed by atoms with E-state index in [1.807, 2.05) is 18.2 Å². The Kier molecular flexibility index (Phi) is 5.76. The first-order valence-corrected chi connectivity index (χ1v) is 8.64. The zero-order valence-corrected chi connectivity index (χ0v) is 14.1. The van der Waals surface area contributed by atoms with E-state index in [4.69, 9.17) is 0 Å². The molecule has 0 spiro atoms. The van der Waals surface area contributed by atoms with Crippen LogP contribution in [0.25, 0.3) is 0 Å². The number of benzene rings is 2. The number of hydrogen-bond donors (Lipinski definition) is 1. The van der Waals surface area contributed by atoms with Gasteiger partial charge >= 0.3 is 0 Å². The molecule has 1 atom stereocenters. The molecule has 1 N–H and O–H groups in total. The summed E-state index contributed by atoms with van der Waals surface area (Å²) < 4.78 is 27.5. The first kappa shape index (κ1) is 17.5. The molecule has 1 saturated heterocycles. The van der Waals surface area contributed by atoms with Crippen molar-refractivity contribution in [1.29, 1.82) is 0 Å². The molecule has 1 amide bonds. The lowest BCUT2D eigenvalue weighted by molar-refractivity contribution is 0.0895. The van der Waals surface area contributed by atoms with Gasteiger partial charge in [-0.25, -0.2) is 8.78 Å². The number of halogens is 2. The standard InChI is InChI=1S/C20H22F2N2O/c21-17-9-4-10-18(22)19(17)20(25)23-16-8-5-12-24(14-16)13-11-15-6-2-1-3-7-15/h1-4,6-7,9-10,16H,5,8,11-14H2,(H,23,25)/t16-/m1/s1. The number of likely N-dealkylation sites (tertiary alicyclic amines) is 1. The van der Waals surface area contributed by atoms with Gasteiger partial charge in [-0.1, -0.05) is 36.4 Å². The molecule has 0 saturated carbocycles. The molecule has 2 aromatic rings. The normalized spacial score (nSPS) is 18.1. The molecule has 0 unspecified atom stereocenters. The van der Waals surface area contributed by atoms with Crippen molar-refractivity contribution in [1.82, 2.24) is 10.2 Å². The fraction of sp³-hybridized carbons (Fsp3) is 0.350. The monoisotopic (exact) mass is 344 g/mol. The lowest BCUT2D eigenvalue weighted by Crippen LogP contribution is -2.48. The van der Waals surface area contributed by atoms with Crippen molar-refractivity contribution in [2.75, 3.05) is 19.6 Å². The molecule has 3 nitrogen and oxygen atoms in total. The average Bonchev–Trinajstić information content (AvgIpc) is 2.61. The van der Waals surface area contributed by atoms with E-state index in [0.717, 1.165) is 44.5 Å². The second kappa shape index (κ2) is 8.21. The van der Waals surface area contributed by atoms with Gasteiger partial charge in [0.1, 0.15) is 17.2 Å². The zero-order valence-electron chi connectivity index (χ0n) is 14.1. The lowest BCUT2D eigenvalue weighted by Gasteiger charge is -2.33. The van der Waals surface area contributed by atoms with Crippen molar-refractivity contribution in [3.8, 4) is 0 Å². The van der Waals surface area contributed by atoms with E-state index in [2.05, 4.69) is 22.3 Å². The molecule has 132 valence electrons. The summed E-state index contributed by atoms with van der Waals surface area (Å²) in [5, 5.41) is 2.78. The van der Waals surface area contributed by atoms with Crippen LogP contribution in [0.4, 0.5) is 8.78 Å². The van der Waals surface area contributed by atoms with Crippen LogP contribution in [0, 0.1) is 11.6 Å². The van der Waals surface area contributed by atoms with Crippen LogP contribution in [0.3, 0.4) is 0 Å². The van der Waals surface area contributed by atoms with Crippen LogP contribution in [0.15, 0.2) is 48.5 Å². The highest BCUT2D eigenvalue weighted by Crippen LogP contribution is 2.15. The van der Waals surface area contributed by atoms with E-state index in [1.54, 1.807) is 0 Å². The summed E-state index contributed by atoms with van der Waals surface area (Å²) in [5.74, 6) is -2.33. The highest BCUT2D eigenvalue weighted by Gasteiger charge is 2.24. The van der Waals surface area contributed by atoms with Gasteiger partial charge in [-0.05, 0) is 43.5 Å². The van der Waals surface area contributed by atoms with Crippen LogP contribution in [-0.4, -0.2) is 36.5 Å². The van der Waals surface area contributed by atoms with E-state index in [0.29, 0.717) is 6.54 Å². The van der Waals surface area contributed by atoms with E-state index in [-0.39, 0.29) is 6.04 Å². The number of rotatable bonds is 5. The van der Waals surface area contributed by atoms with Gasteiger partial charge in [0.25, 0.3) is 5.91 Å². The third-order valence-electron chi connectivity index (χ3n) is 4.59. The predicted octanol–water partition coefficient (Wildman–Crippen LogP) is 3.40. The minimum absolute atomic E-state index is 0.0870. The molecule has 2 aromatic carbocycles. The van der Waals surface area contributed by atoms with Gasteiger partial charge in [-0.2, -0.15) is 0 Å². The molecule has 1 fully saturated rings. The maximum absolute atomic E-state index is 13.7. The Balaban J connectivity index is 1.55. The van der Waals surface area contributed by atoms with Crippen molar-refractivity contribution < 1.29 is 13.6 Å². The van der Waals surface area contributed by atoms with Crippen LogP contribution in [-0.2, 0) is 6.42 Å². The summed E-state index contributed by atoms with van der Waals surface area (Å²) in [7, 11) is 0. The summed E-state index contributed by atoms with van der Waals surface area (Å²) in [6.07, 6.45) is 2.73. The summed E-state index contributed by atoms with van der Waals surface area (Å²) in [5.41, 5.74) is 0.783. The van der Waals surface area contributed by atoms with E-state index in [9.17, 15) is 13.6 Å². The summed E-state index contributed by atoms with van der Waals surface area (Å²) >= 11 is 0. The van der Waals surface area contributed by atoms with Gasteiger partial charge in [-0.3, -0.25) is 4.79 Å². The maximum Gasteiger partial charge on any atom is 0.257 e. The quantitative estimate of drug-likeness (QED) is 0.902. The lowest BCUT2D eigenvalue weighted by atomic mass is 10.0. The second-order valence-corrected chi connectivity index (χ2v) is 6.45. The Morgan fingerprint density at radius 3 is 2.52 bits per heavy atom. The van der Waals surface area contributed by atoms with Gasteiger partial charge < -0.3 is 10.2 Å².